The van der Waals surface area contributed by atoms with Gasteiger partial charge in [-0.05, 0) is 56.3 Å². The molecule has 1 aromatic rings. The minimum atomic E-state index is 0.386. The van der Waals surface area contributed by atoms with Gasteiger partial charge in [-0.2, -0.15) is 0 Å². The normalized spacial score (nSPS) is 27.2. The Bertz CT molecular complexity index is 366. The average Bonchev–Trinajstić information content (AvgIpc) is 2.83. The van der Waals surface area contributed by atoms with Crippen molar-refractivity contribution in [3.05, 3.63) is 19.2 Å². The lowest BCUT2D eigenvalue weighted by Gasteiger charge is -2.22. The fourth-order valence-corrected chi connectivity index (χ4v) is 6.55. The van der Waals surface area contributed by atoms with E-state index in [0.29, 0.717) is 16.8 Å². The highest BCUT2D eigenvalue weighted by Gasteiger charge is 2.34. The second kappa shape index (κ2) is 5.83. The standard InChI is InChI=1S/C11H13Br3OS/c1-2-8-6(3-4-15-8)10(13)7-5-9(12)16-11(7)14/h5-6,8,10H,2-4H2,1H3. The Morgan fingerprint density at radius 3 is 2.88 bits per heavy atom. The van der Waals surface area contributed by atoms with Gasteiger partial charge in [0.25, 0.3) is 0 Å². The molecule has 16 heavy (non-hydrogen) atoms. The molecule has 1 aliphatic heterocycles. The van der Waals surface area contributed by atoms with Crippen LogP contribution in [0, 0.1) is 5.92 Å². The van der Waals surface area contributed by atoms with Crippen LogP contribution in [-0.4, -0.2) is 12.7 Å². The third-order valence-corrected chi connectivity index (χ3v) is 6.58. The molecule has 3 unspecified atom stereocenters. The van der Waals surface area contributed by atoms with Crippen molar-refractivity contribution >= 4 is 59.1 Å². The summed E-state index contributed by atoms with van der Waals surface area (Å²) >= 11 is 12.7. The van der Waals surface area contributed by atoms with E-state index in [1.807, 2.05) is 0 Å². The van der Waals surface area contributed by atoms with Gasteiger partial charge in [0.1, 0.15) is 0 Å². The highest BCUT2D eigenvalue weighted by atomic mass is 79.9. The molecule has 0 spiro atoms. The molecular weight excluding hydrogens is 420 g/mol. The summed E-state index contributed by atoms with van der Waals surface area (Å²) in [6.07, 6.45) is 2.64. The van der Waals surface area contributed by atoms with Crippen molar-refractivity contribution in [3.63, 3.8) is 0 Å². The van der Waals surface area contributed by atoms with Crippen molar-refractivity contribution in [2.75, 3.05) is 6.61 Å². The van der Waals surface area contributed by atoms with Gasteiger partial charge in [0.05, 0.1) is 13.7 Å². The molecule has 0 bridgehead atoms. The van der Waals surface area contributed by atoms with Crippen LogP contribution < -0.4 is 0 Å². The van der Waals surface area contributed by atoms with Crippen molar-refractivity contribution in [2.24, 2.45) is 5.92 Å². The summed E-state index contributed by atoms with van der Waals surface area (Å²) in [5.74, 6) is 0.586. The summed E-state index contributed by atoms with van der Waals surface area (Å²) in [6, 6.07) is 2.19. The molecule has 2 heterocycles. The number of rotatable bonds is 3. The molecule has 5 heteroatoms. The summed E-state index contributed by atoms with van der Waals surface area (Å²) in [5, 5.41) is 0. The second-order valence-electron chi connectivity index (χ2n) is 3.95. The van der Waals surface area contributed by atoms with Gasteiger partial charge < -0.3 is 4.74 Å². The van der Waals surface area contributed by atoms with Gasteiger partial charge in [0.2, 0.25) is 0 Å². The summed E-state index contributed by atoms with van der Waals surface area (Å²) in [4.78, 5) is 0.386. The van der Waals surface area contributed by atoms with E-state index < -0.39 is 0 Å². The maximum absolute atomic E-state index is 5.75. The molecule has 1 aromatic heterocycles. The first kappa shape index (κ1) is 13.5. The van der Waals surface area contributed by atoms with E-state index in [1.54, 1.807) is 11.3 Å². The van der Waals surface area contributed by atoms with Gasteiger partial charge in [-0.25, -0.2) is 0 Å². The van der Waals surface area contributed by atoms with Gasteiger partial charge in [0, 0.05) is 17.4 Å². The Morgan fingerprint density at radius 2 is 2.31 bits per heavy atom. The SMILES string of the molecule is CCC1OCCC1C(Br)c1cc(Br)sc1Br. The lowest BCUT2D eigenvalue weighted by molar-refractivity contribution is 0.0872. The molecule has 0 aliphatic carbocycles. The smallest absolute Gasteiger partial charge is 0.0753 e. The van der Waals surface area contributed by atoms with Crippen molar-refractivity contribution in [1.29, 1.82) is 0 Å². The maximum Gasteiger partial charge on any atom is 0.0753 e. The Morgan fingerprint density at radius 1 is 1.56 bits per heavy atom. The fraction of sp³-hybridized carbons (Fsp3) is 0.636. The zero-order valence-electron chi connectivity index (χ0n) is 8.88. The van der Waals surface area contributed by atoms with Crippen molar-refractivity contribution in [2.45, 2.75) is 30.7 Å². The molecule has 2 rings (SSSR count). The molecule has 0 amide bonds. The van der Waals surface area contributed by atoms with Gasteiger partial charge in [-0.1, -0.05) is 22.9 Å². The van der Waals surface area contributed by atoms with Crippen molar-refractivity contribution in [1.82, 2.24) is 0 Å². The van der Waals surface area contributed by atoms with Crippen molar-refractivity contribution in [3.8, 4) is 0 Å². The monoisotopic (exact) mass is 430 g/mol. The highest BCUT2D eigenvalue weighted by Crippen LogP contribution is 2.46. The number of hydrogen-bond acceptors (Lipinski definition) is 2. The van der Waals surface area contributed by atoms with E-state index in [1.165, 1.54) is 13.1 Å². The van der Waals surface area contributed by atoms with Crippen LogP contribution in [0.15, 0.2) is 13.6 Å². The van der Waals surface area contributed by atoms with Crippen LogP contribution in [0.25, 0.3) is 0 Å². The minimum Gasteiger partial charge on any atom is -0.378 e. The molecule has 0 aromatic carbocycles. The Kier molecular flexibility index (Phi) is 4.93. The third kappa shape index (κ3) is 2.74. The van der Waals surface area contributed by atoms with Gasteiger partial charge in [-0.15, -0.1) is 11.3 Å². The van der Waals surface area contributed by atoms with E-state index >= 15 is 0 Å². The van der Waals surface area contributed by atoms with Gasteiger partial charge in [0.15, 0.2) is 0 Å². The van der Waals surface area contributed by atoms with Crippen LogP contribution in [0.5, 0.6) is 0 Å². The molecule has 90 valence electrons. The molecule has 1 nitrogen and oxygen atoms in total. The second-order valence-corrected chi connectivity index (χ2v) is 8.69. The zero-order valence-corrected chi connectivity index (χ0v) is 14.5. The van der Waals surface area contributed by atoms with Crippen LogP contribution in [0.4, 0.5) is 0 Å². The quantitative estimate of drug-likeness (QED) is 0.571. The van der Waals surface area contributed by atoms with E-state index in [0.717, 1.165) is 19.4 Å². The predicted molar refractivity (Wildman–Crippen MR) is 79.5 cm³/mol. The Hall–Kier alpha value is 1.10. The summed E-state index contributed by atoms with van der Waals surface area (Å²) in [6.45, 7) is 3.09. The topological polar surface area (TPSA) is 9.23 Å². The predicted octanol–water partition coefficient (Wildman–Crippen LogP) is 5.52. The maximum atomic E-state index is 5.75. The van der Waals surface area contributed by atoms with E-state index in [4.69, 9.17) is 4.74 Å². The molecule has 1 aliphatic rings. The lowest BCUT2D eigenvalue weighted by Crippen LogP contribution is -2.18. The van der Waals surface area contributed by atoms with Crippen LogP contribution in [-0.2, 0) is 4.74 Å². The van der Waals surface area contributed by atoms with Crippen LogP contribution in [0.3, 0.4) is 0 Å². The van der Waals surface area contributed by atoms with E-state index in [2.05, 4.69) is 60.8 Å². The molecule has 0 saturated carbocycles. The molecule has 0 radical (unpaired) electrons. The Labute approximate surface area is 125 Å². The molecule has 1 fully saturated rings. The third-order valence-electron chi connectivity index (χ3n) is 3.02. The largest absolute Gasteiger partial charge is 0.378 e. The number of halogens is 3. The first-order valence-electron chi connectivity index (χ1n) is 5.34. The zero-order chi connectivity index (χ0) is 11.7. The average molecular weight is 433 g/mol. The number of hydrogen-bond donors (Lipinski definition) is 0. The van der Waals surface area contributed by atoms with Crippen LogP contribution in [0.1, 0.15) is 30.2 Å². The van der Waals surface area contributed by atoms with Crippen LogP contribution in [0.2, 0.25) is 0 Å². The molecule has 0 N–H and O–H groups in total. The molecule has 1 saturated heterocycles. The summed E-state index contributed by atoms with van der Waals surface area (Å²) in [5.41, 5.74) is 1.34. The fourth-order valence-electron chi connectivity index (χ4n) is 2.19. The Balaban J connectivity index is 2.18. The lowest BCUT2D eigenvalue weighted by atomic mass is 9.93. The number of thiophene rings is 1. The first-order chi connectivity index (χ1) is 7.63. The number of alkyl halides is 1. The highest BCUT2D eigenvalue weighted by molar-refractivity contribution is 9.12. The first-order valence-corrected chi connectivity index (χ1v) is 8.65. The van der Waals surface area contributed by atoms with Crippen LogP contribution >= 0.6 is 59.1 Å². The molecule has 3 atom stereocenters. The van der Waals surface area contributed by atoms with Gasteiger partial charge in [-0.3, -0.25) is 0 Å². The summed E-state index contributed by atoms with van der Waals surface area (Å²) in [7, 11) is 0. The van der Waals surface area contributed by atoms with Gasteiger partial charge >= 0.3 is 0 Å². The number of ether oxygens (including phenoxy) is 1. The summed E-state index contributed by atoms with van der Waals surface area (Å²) < 4.78 is 8.13. The molecular formula is C11H13Br3OS. The van der Waals surface area contributed by atoms with Crippen molar-refractivity contribution < 1.29 is 4.74 Å². The van der Waals surface area contributed by atoms with E-state index in [9.17, 15) is 0 Å². The minimum absolute atomic E-state index is 0.386. The van der Waals surface area contributed by atoms with E-state index in [-0.39, 0.29) is 0 Å².